The SMILES string of the molecule is CCC(C)NCc1cnn(-c2cc(OC)ccc2OC)c1C. The second-order valence-electron chi connectivity index (χ2n) is 5.39. The van der Waals surface area contributed by atoms with E-state index in [2.05, 4.69) is 31.2 Å². The minimum absolute atomic E-state index is 0.495. The van der Waals surface area contributed by atoms with E-state index in [1.807, 2.05) is 29.1 Å². The van der Waals surface area contributed by atoms with Crippen LogP contribution in [0.15, 0.2) is 24.4 Å². The first-order valence-electron chi connectivity index (χ1n) is 7.60. The van der Waals surface area contributed by atoms with Crippen molar-refractivity contribution >= 4 is 0 Å². The predicted octanol–water partition coefficient (Wildman–Crippen LogP) is 3.09. The van der Waals surface area contributed by atoms with Gasteiger partial charge in [0.1, 0.15) is 17.2 Å². The Bertz CT molecular complexity index is 622. The second-order valence-corrected chi connectivity index (χ2v) is 5.39. The van der Waals surface area contributed by atoms with Gasteiger partial charge < -0.3 is 14.8 Å². The summed E-state index contributed by atoms with van der Waals surface area (Å²) in [5.74, 6) is 1.55. The summed E-state index contributed by atoms with van der Waals surface area (Å²) < 4.78 is 12.7. The largest absolute Gasteiger partial charge is 0.497 e. The molecule has 1 unspecified atom stereocenters. The molecule has 0 saturated carbocycles. The van der Waals surface area contributed by atoms with Crippen LogP contribution in [0.25, 0.3) is 5.69 Å². The molecule has 0 radical (unpaired) electrons. The zero-order valence-corrected chi connectivity index (χ0v) is 14.0. The van der Waals surface area contributed by atoms with Crippen molar-refractivity contribution in [2.24, 2.45) is 0 Å². The number of ether oxygens (including phenoxy) is 2. The lowest BCUT2D eigenvalue weighted by atomic mass is 10.2. The fourth-order valence-electron chi connectivity index (χ4n) is 2.25. The van der Waals surface area contributed by atoms with Crippen LogP contribution in [-0.2, 0) is 6.54 Å². The number of hydrogen-bond donors (Lipinski definition) is 1. The first-order chi connectivity index (χ1) is 10.6. The summed E-state index contributed by atoms with van der Waals surface area (Å²) in [6.45, 7) is 7.24. The molecule has 0 aliphatic heterocycles. The maximum Gasteiger partial charge on any atom is 0.144 e. The third kappa shape index (κ3) is 3.42. The first-order valence-corrected chi connectivity index (χ1v) is 7.60. The Balaban J connectivity index is 2.32. The minimum atomic E-state index is 0.495. The number of rotatable bonds is 7. The Morgan fingerprint density at radius 1 is 1.27 bits per heavy atom. The highest BCUT2D eigenvalue weighted by Gasteiger charge is 2.13. The average molecular weight is 303 g/mol. The van der Waals surface area contributed by atoms with Crippen molar-refractivity contribution in [3.8, 4) is 17.2 Å². The molecule has 1 atom stereocenters. The van der Waals surface area contributed by atoms with Gasteiger partial charge in [-0.2, -0.15) is 5.10 Å². The molecule has 22 heavy (non-hydrogen) atoms. The molecule has 0 spiro atoms. The first kappa shape index (κ1) is 16.4. The molecule has 0 aliphatic rings. The zero-order chi connectivity index (χ0) is 16.1. The maximum absolute atomic E-state index is 5.45. The van der Waals surface area contributed by atoms with Crippen LogP contribution in [0.1, 0.15) is 31.5 Å². The molecule has 2 aromatic rings. The van der Waals surface area contributed by atoms with Crippen molar-refractivity contribution in [1.29, 1.82) is 0 Å². The van der Waals surface area contributed by atoms with Gasteiger partial charge in [0.25, 0.3) is 0 Å². The van der Waals surface area contributed by atoms with E-state index >= 15 is 0 Å². The fourth-order valence-corrected chi connectivity index (χ4v) is 2.25. The molecule has 0 fully saturated rings. The molecule has 5 heteroatoms. The number of nitrogens with one attached hydrogen (secondary N) is 1. The van der Waals surface area contributed by atoms with Gasteiger partial charge in [-0.15, -0.1) is 0 Å². The van der Waals surface area contributed by atoms with Gasteiger partial charge in [0.05, 0.1) is 20.4 Å². The van der Waals surface area contributed by atoms with Gasteiger partial charge in [-0.3, -0.25) is 0 Å². The van der Waals surface area contributed by atoms with Crippen LogP contribution in [-0.4, -0.2) is 30.0 Å². The van der Waals surface area contributed by atoms with Gasteiger partial charge in [0.15, 0.2) is 0 Å². The summed E-state index contributed by atoms with van der Waals surface area (Å²) >= 11 is 0. The molecule has 2 rings (SSSR count). The average Bonchev–Trinajstić information content (AvgIpc) is 2.92. The van der Waals surface area contributed by atoms with Crippen molar-refractivity contribution in [2.45, 2.75) is 39.8 Å². The number of benzene rings is 1. The molecule has 120 valence electrons. The van der Waals surface area contributed by atoms with Gasteiger partial charge >= 0.3 is 0 Å². The van der Waals surface area contributed by atoms with Crippen LogP contribution >= 0.6 is 0 Å². The van der Waals surface area contributed by atoms with E-state index in [4.69, 9.17) is 9.47 Å². The molecule has 1 heterocycles. The lowest BCUT2D eigenvalue weighted by Gasteiger charge is -2.13. The van der Waals surface area contributed by atoms with Gasteiger partial charge in [-0.25, -0.2) is 4.68 Å². The molecular formula is C17H25N3O2. The van der Waals surface area contributed by atoms with Crippen LogP contribution in [0, 0.1) is 6.92 Å². The predicted molar refractivity (Wildman–Crippen MR) is 88.0 cm³/mol. The quantitative estimate of drug-likeness (QED) is 0.854. The summed E-state index contributed by atoms with van der Waals surface area (Å²) in [4.78, 5) is 0. The van der Waals surface area contributed by atoms with Crippen molar-refractivity contribution in [2.75, 3.05) is 14.2 Å². The van der Waals surface area contributed by atoms with Crippen LogP contribution in [0.3, 0.4) is 0 Å². The summed E-state index contributed by atoms with van der Waals surface area (Å²) in [5.41, 5.74) is 3.17. The van der Waals surface area contributed by atoms with Crippen LogP contribution in [0.5, 0.6) is 11.5 Å². The third-order valence-electron chi connectivity index (χ3n) is 3.98. The lowest BCUT2D eigenvalue weighted by Crippen LogP contribution is -2.24. The maximum atomic E-state index is 5.45. The Kier molecular flexibility index (Phi) is 5.44. The highest BCUT2D eigenvalue weighted by molar-refractivity contribution is 5.52. The number of methoxy groups -OCH3 is 2. The Morgan fingerprint density at radius 3 is 2.68 bits per heavy atom. The lowest BCUT2D eigenvalue weighted by molar-refractivity contribution is 0.400. The van der Waals surface area contributed by atoms with Crippen LogP contribution in [0.4, 0.5) is 0 Å². The molecule has 0 saturated heterocycles. The number of aromatic nitrogens is 2. The molecule has 0 bridgehead atoms. The monoisotopic (exact) mass is 303 g/mol. The van der Waals surface area contributed by atoms with Gasteiger partial charge in [-0.1, -0.05) is 6.92 Å². The van der Waals surface area contributed by atoms with Gasteiger partial charge in [-0.05, 0) is 32.4 Å². The molecule has 1 N–H and O–H groups in total. The van der Waals surface area contributed by atoms with Crippen molar-refractivity contribution < 1.29 is 9.47 Å². The standard InChI is InChI=1S/C17H25N3O2/c1-6-12(2)18-10-14-11-19-20(13(14)3)16-9-15(21-4)7-8-17(16)22-5/h7-9,11-12,18H,6,10H2,1-5H3. The van der Waals surface area contributed by atoms with E-state index in [1.54, 1.807) is 14.2 Å². The van der Waals surface area contributed by atoms with Crippen molar-refractivity contribution in [1.82, 2.24) is 15.1 Å². The summed E-state index contributed by atoms with van der Waals surface area (Å²) in [6.07, 6.45) is 3.01. The van der Waals surface area contributed by atoms with E-state index in [0.717, 1.165) is 35.8 Å². The summed E-state index contributed by atoms with van der Waals surface area (Å²) in [5, 5.41) is 8.01. The summed E-state index contributed by atoms with van der Waals surface area (Å²) in [7, 11) is 3.32. The number of nitrogens with zero attached hydrogens (tertiary/aromatic N) is 2. The smallest absolute Gasteiger partial charge is 0.144 e. The number of hydrogen-bond acceptors (Lipinski definition) is 4. The van der Waals surface area contributed by atoms with E-state index in [9.17, 15) is 0 Å². The van der Waals surface area contributed by atoms with E-state index in [1.165, 1.54) is 5.56 Å². The van der Waals surface area contributed by atoms with E-state index in [-0.39, 0.29) is 0 Å². The molecule has 5 nitrogen and oxygen atoms in total. The van der Waals surface area contributed by atoms with Gasteiger partial charge in [0.2, 0.25) is 0 Å². The Labute approximate surface area is 132 Å². The minimum Gasteiger partial charge on any atom is -0.497 e. The molecule has 0 aliphatic carbocycles. The van der Waals surface area contributed by atoms with E-state index < -0.39 is 0 Å². The zero-order valence-electron chi connectivity index (χ0n) is 14.0. The molecule has 1 aromatic heterocycles. The molecule has 0 amide bonds. The Hall–Kier alpha value is -2.01. The molecular weight excluding hydrogens is 278 g/mol. The van der Waals surface area contributed by atoms with Crippen molar-refractivity contribution in [3.05, 3.63) is 35.7 Å². The second kappa shape index (κ2) is 7.31. The van der Waals surface area contributed by atoms with Crippen LogP contribution in [0.2, 0.25) is 0 Å². The fraction of sp³-hybridized carbons (Fsp3) is 0.471. The Morgan fingerprint density at radius 2 is 2.05 bits per heavy atom. The normalized spacial score (nSPS) is 12.2. The summed E-state index contributed by atoms with van der Waals surface area (Å²) in [6, 6.07) is 6.21. The third-order valence-corrected chi connectivity index (χ3v) is 3.98. The van der Waals surface area contributed by atoms with Crippen molar-refractivity contribution in [3.63, 3.8) is 0 Å². The van der Waals surface area contributed by atoms with Crippen LogP contribution < -0.4 is 14.8 Å². The highest BCUT2D eigenvalue weighted by Crippen LogP contribution is 2.28. The van der Waals surface area contributed by atoms with Gasteiger partial charge in [0, 0.05) is 29.9 Å². The highest BCUT2D eigenvalue weighted by atomic mass is 16.5. The topological polar surface area (TPSA) is 48.3 Å². The van der Waals surface area contributed by atoms with E-state index in [0.29, 0.717) is 6.04 Å². The molecule has 1 aromatic carbocycles.